The Kier molecular flexibility index (Phi) is 4.92. The first-order chi connectivity index (χ1) is 11.9. The summed E-state index contributed by atoms with van der Waals surface area (Å²) in [5, 5.41) is 2.74. The molecule has 0 saturated carbocycles. The summed E-state index contributed by atoms with van der Waals surface area (Å²) >= 11 is 0. The zero-order valence-corrected chi connectivity index (χ0v) is 13.5. The summed E-state index contributed by atoms with van der Waals surface area (Å²) in [6.45, 7) is 1.43. The van der Waals surface area contributed by atoms with Crippen LogP contribution >= 0.6 is 0 Å². The predicted molar refractivity (Wildman–Crippen MR) is 88.4 cm³/mol. The number of alkyl halides is 3. The van der Waals surface area contributed by atoms with E-state index in [0.29, 0.717) is 12.7 Å². The monoisotopic (exact) mass is 349 g/mol. The van der Waals surface area contributed by atoms with Crippen molar-refractivity contribution < 1.29 is 18.0 Å². The maximum atomic E-state index is 13.0. The molecule has 1 aromatic carbocycles. The highest BCUT2D eigenvalue weighted by Gasteiger charge is 2.36. The number of halogens is 3. The molecule has 1 amide bonds. The number of carbonyl (C=O) groups excluding carboxylic acids is 1. The molecule has 4 nitrogen and oxygen atoms in total. The Morgan fingerprint density at radius 1 is 1.20 bits per heavy atom. The number of amides is 1. The van der Waals surface area contributed by atoms with Gasteiger partial charge in [-0.05, 0) is 31.0 Å². The lowest BCUT2D eigenvalue weighted by Gasteiger charge is -2.34. The van der Waals surface area contributed by atoms with Crippen molar-refractivity contribution in [3.63, 3.8) is 0 Å². The average Bonchev–Trinajstić information content (AvgIpc) is 2.62. The van der Waals surface area contributed by atoms with Gasteiger partial charge in [-0.15, -0.1) is 0 Å². The zero-order chi connectivity index (χ0) is 17.9. The maximum Gasteiger partial charge on any atom is 0.418 e. The fourth-order valence-corrected chi connectivity index (χ4v) is 3.05. The molecule has 1 aromatic heterocycles. The summed E-state index contributed by atoms with van der Waals surface area (Å²) in [6.07, 6.45) is -1.12. The normalized spacial score (nSPS) is 18.0. The summed E-state index contributed by atoms with van der Waals surface area (Å²) in [4.78, 5) is 18.0. The molecule has 1 N–H and O–H groups in total. The number of carbonyl (C=O) groups is 1. The first kappa shape index (κ1) is 17.3. The molecule has 1 unspecified atom stereocenters. The van der Waals surface area contributed by atoms with Crippen molar-refractivity contribution in [1.29, 1.82) is 0 Å². The van der Waals surface area contributed by atoms with Gasteiger partial charge in [0, 0.05) is 37.2 Å². The molecule has 1 aliphatic heterocycles. The number of benzene rings is 1. The number of nitrogens with zero attached hydrogens (tertiary/aromatic N) is 2. The van der Waals surface area contributed by atoms with E-state index in [1.807, 2.05) is 30.3 Å². The predicted octanol–water partition coefficient (Wildman–Crippen LogP) is 3.50. The Morgan fingerprint density at radius 3 is 2.68 bits per heavy atom. The Balaban J connectivity index is 1.71. The average molecular weight is 349 g/mol. The summed E-state index contributed by atoms with van der Waals surface area (Å²) in [7, 11) is 0. The maximum absolute atomic E-state index is 13.0. The van der Waals surface area contributed by atoms with Crippen LogP contribution < -0.4 is 10.2 Å². The third-order valence-electron chi connectivity index (χ3n) is 4.25. The second kappa shape index (κ2) is 7.13. The topological polar surface area (TPSA) is 45.2 Å². The van der Waals surface area contributed by atoms with Gasteiger partial charge >= 0.3 is 6.18 Å². The SMILES string of the molecule is O=C(NC1CCCN(c2ccccc2)C1)c1ccncc1C(F)(F)F. The Morgan fingerprint density at radius 2 is 1.96 bits per heavy atom. The molecule has 7 heteroatoms. The number of piperidine rings is 1. The second-order valence-electron chi connectivity index (χ2n) is 6.01. The van der Waals surface area contributed by atoms with Gasteiger partial charge in [0.2, 0.25) is 0 Å². The van der Waals surface area contributed by atoms with Crippen LogP contribution in [0, 0.1) is 0 Å². The number of aromatic nitrogens is 1. The Hall–Kier alpha value is -2.57. The lowest BCUT2D eigenvalue weighted by molar-refractivity contribution is -0.138. The van der Waals surface area contributed by atoms with E-state index in [4.69, 9.17) is 0 Å². The molecule has 0 radical (unpaired) electrons. The van der Waals surface area contributed by atoms with Gasteiger partial charge < -0.3 is 10.2 Å². The molecule has 1 aliphatic rings. The van der Waals surface area contributed by atoms with Gasteiger partial charge in [-0.25, -0.2) is 0 Å². The van der Waals surface area contributed by atoms with Crippen molar-refractivity contribution >= 4 is 11.6 Å². The number of rotatable bonds is 3. The van der Waals surface area contributed by atoms with Crippen LogP contribution in [0.4, 0.5) is 18.9 Å². The minimum Gasteiger partial charge on any atom is -0.369 e. The van der Waals surface area contributed by atoms with Crippen LogP contribution in [0.15, 0.2) is 48.8 Å². The summed E-state index contributed by atoms with van der Waals surface area (Å²) in [5.41, 5.74) is -0.357. The number of nitrogens with one attached hydrogen (secondary N) is 1. The largest absolute Gasteiger partial charge is 0.418 e. The Bertz CT molecular complexity index is 734. The van der Waals surface area contributed by atoms with Gasteiger partial charge in [0.15, 0.2) is 0 Å². The number of pyridine rings is 1. The number of hydrogen-bond donors (Lipinski definition) is 1. The highest BCUT2D eigenvalue weighted by Crippen LogP contribution is 2.31. The van der Waals surface area contributed by atoms with Crippen LogP contribution in [0.3, 0.4) is 0 Å². The van der Waals surface area contributed by atoms with E-state index in [1.165, 1.54) is 6.20 Å². The minimum atomic E-state index is -4.61. The smallest absolute Gasteiger partial charge is 0.369 e. The van der Waals surface area contributed by atoms with E-state index in [-0.39, 0.29) is 11.6 Å². The molecule has 3 rings (SSSR count). The number of para-hydroxylation sites is 1. The molecule has 0 spiro atoms. The lowest BCUT2D eigenvalue weighted by atomic mass is 10.0. The number of hydrogen-bond acceptors (Lipinski definition) is 3. The van der Waals surface area contributed by atoms with Crippen LogP contribution in [-0.2, 0) is 6.18 Å². The summed E-state index contributed by atoms with van der Waals surface area (Å²) in [5.74, 6) is -0.713. The fraction of sp³-hybridized carbons (Fsp3) is 0.333. The van der Waals surface area contributed by atoms with Crippen LogP contribution in [0.2, 0.25) is 0 Å². The van der Waals surface area contributed by atoms with Crippen LogP contribution in [0.5, 0.6) is 0 Å². The molecule has 2 heterocycles. The fourth-order valence-electron chi connectivity index (χ4n) is 3.05. The van der Waals surface area contributed by atoms with Crippen molar-refractivity contribution in [3.05, 3.63) is 59.9 Å². The highest BCUT2D eigenvalue weighted by molar-refractivity contribution is 5.96. The molecule has 1 atom stereocenters. The second-order valence-corrected chi connectivity index (χ2v) is 6.01. The van der Waals surface area contributed by atoms with Crippen LogP contribution in [0.1, 0.15) is 28.8 Å². The molecule has 25 heavy (non-hydrogen) atoms. The van der Waals surface area contributed by atoms with Gasteiger partial charge in [-0.2, -0.15) is 13.2 Å². The first-order valence-corrected chi connectivity index (χ1v) is 8.07. The van der Waals surface area contributed by atoms with E-state index in [9.17, 15) is 18.0 Å². The first-order valence-electron chi connectivity index (χ1n) is 8.07. The van der Waals surface area contributed by atoms with Crippen molar-refractivity contribution in [2.24, 2.45) is 0 Å². The van der Waals surface area contributed by atoms with Crippen LogP contribution in [-0.4, -0.2) is 30.0 Å². The lowest BCUT2D eigenvalue weighted by Crippen LogP contribution is -2.48. The summed E-state index contributed by atoms with van der Waals surface area (Å²) < 4.78 is 39.1. The molecule has 1 saturated heterocycles. The molecule has 132 valence electrons. The van der Waals surface area contributed by atoms with Gasteiger partial charge in [0.05, 0.1) is 11.1 Å². The van der Waals surface area contributed by atoms with Crippen molar-refractivity contribution in [1.82, 2.24) is 10.3 Å². The molecule has 1 fully saturated rings. The molecule has 2 aromatic rings. The molecule has 0 aliphatic carbocycles. The minimum absolute atomic E-state index is 0.198. The van der Waals surface area contributed by atoms with Gasteiger partial charge in [-0.1, -0.05) is 18.2 Å². The van der Waals surface area contributed by atoms with E-state index >= 15 is 0 Å². The standard InChI is InChI=1S/C18H18F3N3O/c19-18(20,21)16-11-22-9-8-15(16)17(25)23-13-5-4-10-24(12-13)14-6-2-1-3-7-14/h1-3,6-9,11,13H,4-5,10,12H2,(H,23,25). The van der Waals surface area contributed by atoms with E-state index < -0.39 is 17.6 Å². The third kappa shape index (κ3) is 4.10. The van der Waals surface area contributed by atoms with Crippen molar-refractivity contribution in [3.8, 4) is 0 Å². The molecule has 0 bridgehead atoms. The quantitative estimate of drug-likeness (QED) is 0.922. The van der Waals surface area contributed by atoms with Gasteiger partial charge in [0.1, 0.15) is 0 Å². The highest BCUT2D eigenvalue weighted by atomic mass is 19.4. The van der Waals surface area contributed by atoms with Gasteiger partial charge in [0.25, 0.3) is 5.91 Å². The molecular weight excluding hydrogens is 331 g/mol. The number of anilines is 1. The van der Waals surface area contributed by atoms with E-state index in [1.54, 1.807) is 0 Å². The van der Waals surface area contributed by atoms with E-state index in [2.05, 4.69) is 15.2 Å². The molecular formula is C18H18F3N3O. The zero-order valence-electron chi connectivity index (χ0n) is 13.5. The summed E-state index contributed by atoms with van der Waals surface area (Å²) in [6, 6.07) is 10.7. The Labute approximate surface area is 143 Å². The van der Waals surface area contributed by atoms with Crippen LogP contribution in [0.25, 0.3) is 0 Å². The van der Waals surface area contributed by atoms with Gasteiger partial charge in [-0.3, -0.25) is 9.78 Å². The third-order valence-corrected chi connectivity index (χ3v) is 4.25. The van der Waals surface area contributed by atoms with Crippen molar-refractivity contribution in [2.75, 3.05) is 18.0 Å². The van der Waals surface area contributed by atoms with Crippen molar-refractivity contribution in [2.45, 2.75) is 25.1 Å². The van der Waals surface area contributed by atoms with E-state index in [0.717, 1.165) is 31.1 Å².